The molecule has 1 fully saturated rings. The zero-order chi connectivity index (χ0) is 11.1. The summed E-state index contributed by atoms with van der Waals surface area (Å²) in [5.41, 5.74) is 0. The van der Waals surface area contributed by atoms with Gasteiger partial charge >= 0.3 is 0 Å². The van der Waals surface area contributed by atoms with Crippen LogP contribution in [0.5, 0.6) is 0 Å². The molecule has 1 heterocycles. The van der Waals surface area contributed by atoms with Crippen LogP contribution in [0.25, 0.3) is 0 Å². The largest absolute Gasteiger partial charge is 0.379 e. The van der Waals surface area contributed by atoms with Crippen LogP contribution in [0.4, 0.5) is 0 Å². The topological polar surface area (TPSA) is 24.5 Å². The molecule has 0 spiro atoms. The van der Waals surface area contributed by atoms with Crippen molar-refractivity contribution >= 4 is 0 Å². The monoisotopic (exact) mass is 214 g/mol. The van der Waals surface area contributed by atoms with E-state index in [1.807, 2.05) is 0 Å². The molecule has 15 heavy (non-hydrogen) atoms. The molecule has 3 heteroatoms. The second kappa shape index (κ2) is 7.20. The summed E-state index contributed by atoms with van der Waals surface area (Å²) in [5.74, 6) is 0. The van der Waals surface area contributed by atoms with Crippen LogP contribution in [0.3, 0.4) is 0 Å². The Morgan fingerprint density at radius 1 is 1.40 bits per heavy atom. The molecule has 1 saturated heterocycles. The average molecular weight is 214 g/mol. The molecule has 1 unspecified atom stereocenters. The third-order valence-corrected chi connectivity index (χ3v) is 2.93. The minimum atomic E-state index is 0.378. The van der Waals surface area contributed by atoms with Gasteiger partial charge in [-0.2, -0.15) is 0 Å². The summed E-state index contributed by atoms with van der Waals surface area (Å²) in [5, 5.41) is 3.41. The summed E-state index contributed by atoms with van der Waals surface area (Å²) < 4.78 is 5.53. The lowest BCUT2D eigenvalue weighted by Crippen LogP contribution is -2.49. The van der Waals surface area contributed by atoms with Crippen molar-refractivity contribution in [2.75, 3.05) is 32.8 Å². The van der Waals surface area contributed by atoms with Crippen molar-refractivity contribution < 1.29 is 4.74 Å². The molecule has 0 aromatic rings. The molecular formula is C12H26N2O. The summed E-state index contributed by atoms with van der Waals surface area (Å²) in [6, 6.07) is 0.699. The Bertz CT molecular complexity index is 162. The van der Waals surface area contributed by atoms with Crippen molar-refractivity contribution in [3.8, 4) is 0 Å². The highest BCUT2D eigenvalue weighted by atomic mass is 16.5. The van der Waals surface area contributed by atoms with Gasteiger partial charge in [0.1, 0.15) is 0 Å². The van der Waals surface area contributed by atoms with Crippen LogP contribution >= 0.6 is 0 Å². The van der Waals surface area contributed by atoms with E-state index in [9.17, 15) is 0 Å². The first kappa shape index (κ1) is 12.9. The van der Waals surface area contributed by atoms with E-state index in [0.717, 1.165) is 19.7 Å². The number of hydrogen-bond donors (Lipinski definition) is 1. The molecule has 90 valence electrons. The summed E-state index contributed by atoms with van der Waals surface area (Å²) in [6.07, 6.45) is 2.83. The first-order valence-electron chi connectivity index (χ1n) is 6.26. The minimum absolute atomic E-state index is 0.378. The smallest absolute Gasteiger partial charge is 0.0518 e. The standard InChI is InChI=1S/C12H26N2O/c1-11(2)15-9-5-4-7-14-8-6-13-10-12(14)3/h11-13H,4-10H2,1-3H3. The predicted molar refractivity (Wildman–Crippen MR) is 64.2 cm³/mol. The van der Waals surface area contributed by atoms with Crippen LogP contribution in [0, 0.1) is 0 Å². The predicted octanol–water partition coefficient (Wildman–Crippen LogP) is 1.49. The van der Waals surface area contributed by atoms with Gasteiger partial charge in [-0.3, -0.25) is 4.90 Å². The third-order valence-electron chi connectivity index (χ3n) is 2.93. The number of ether oxygens (including phenoxy) is 1. The van der Waals surface area contributed by atoms with Crippen LogP contribution < -0.4 is 5.32 Å². The van der Waals surface area contributed by atoms with Crippen molar-refractivity contribution in [1.29, 1.82) is 0 Å². The van der Waals surface area contributed by atoms with E-state index in [2.05, 4.69) is 31.0 Å². The van der Waals surface area contributed by atoms with Gasteiger partial charge in [0.05, 0.1) is 6.10 Å². The summed E-state index contributed by atoms with van der Waals surface area (Å²) in [7, 11) is 0. The first-order valence-corrected chi connectivity index (χ1v) is 6.26. The van der Waals surface area contributed by atoms with Crippen LogP contribution in [0.2, 0.25) is 0 Å². The van der Waals surface area contributed by atoms with Gasteiger partial charge in [-0.25, -0.2) is 0 Å². The van der Waals surface area contributed by atoms with E-state index >= 15 is 0 Å². The number of nitrogens with one attached hydrogen (secondary N) is 1. The van der Waals surface area contributed by atoms with E-state index in [1.165, 1.54) is 25.9 Å². The maximum absolute atomic E-state index is 5.53. The van der Waals surface area contributed by atoms with E-state index in [-0.39, 0.29) is 0 Å². The van der Waals surface area contributed by atoms with Gasteiger partial charge in [-0.05, 0) is 40.2 Å². The van der Waals surface area contributed by atoms with Gasteiger partial charge in [0, 0.05) is 32.3 Å². The Balaban J connectivity index is 1.99. The molecule has 0 amide bonds. The fourth-order valence-electron chi connectivity index (χ4n) is 1.95. The fourth-order valence-corrected chi connectivity index (χ4v) is 1.95. The number of piperazine rings is 1. The highest BCUT2D eigenvalue weighted by Gasteiger charge is 2.16. The van der Waals surface area contributed by atoms with E-state index in [1.54, 1.807) is 0 Å². The maximum Gasteiger partial charge on any atom is 0.0518 e. The van der Waals surface area contributed by atoms with Crippen molar-refractivity contribution in [2.45, 2.75) is 45.8 Å². The summed E-state index contributed by atoms with van der Waals surface area (Å²) >= 11 is 0. The fraction of sp³-hybridized carbons (Fsp3) is 1.00. The average Bonchev–Trinajstić information content (AvgIpc) is 2.20. The zero-order valence-electron chi connectivity index (χ0n) is 10.5. The lowest BCUT2D eigenvalue weighted by molar-refractivity contribution is 0.0723. The zero-order valence-corrected chi connectivity index (χ0v) is 10.5. The minimum Gasteiger partial charge on any atom is -0.379 e. The van der Waals surface area contributed by atoms with Gasteiger partial charge in [0.25, 0.3) is 0 Å². The Hall–Kier alpha value is -0.120. The second-order valence-electron chi connectivity index (χ2n) is 4.72. The number of hydrogen-bond acceptors (Lipinski definition) is 3. The maximum atomic E-state index is 5.53. The highest BCUT2D eigenvalue weighted by Crippen LogP contribution is 2.04. The third kappa shape index (κ3) is 5.50. The Labute approximate surface area is 94.2 Å². The van der Waals surface area contributed by atoms with Crippen LogP contribution in [-0.4, -0.2) is 49.8 Å². The van der Waals surface area contributed by atoms with Gasteiger partial charge < -0.3 is 10.1 Å². The lowest BCUT2D eigenvalue weighted by atomic mass is 10.2. The Morgan fingerprint density at radius 2 is 2.20 bits per heavy atom. The molecule has 1 rings (SSSR count). The first-order chi connectivity index (χ1) is 7.20. The Kier molecular flexibility index (Phi) is 6.22. The normalized spacial score (nSPS) is 23.6. The van der Waals surface area contributed by atoms with Crippen LogP contribution in [0.1, 0.15) is 33.6 Å². The van der Waals surface area contributed by atoms with Gasteiger partial charge in [-0.15, -0.1) is 0 Å². The molecule has 1 atom stereocenters. The molecule has 1 N–H and O–H groups in total. The molecule has 0 aromatic carbocycles. The number of nitrogens with zero attached hydrogens (tertiary/aromatic N) is 1. The molecule has 0 bridgehead atoms. The Morgan fingerprint density at radius 3 is 2.87 bits per heavy atom. The number of unbranched alkanes of at least 4 members (excludes halogenated alkanes) is 1. The molecule has 0 aromatic heterocycles. The molecule has 1 aliphatic rings. The molecule has 0 aliphatic carbocycles. The van der Waals surface area contributed by atoms with Crippen LogP contribution in [0.15, 0.2) is 0 Å². The highest BCUT2D eigenvalue weighted by molar-refractivity contribution is 4.75. The van der Waals surface area contributed by atoms with Gasteiger partial charge in [0.2, 0.25) is 0 Å². The van der Waals surface area contributed by atoms with E-state index in [4.69, 9.17) is 4.74 Å². The second-order valence-corrected chi connectivity index (χ2v) is 4.72. The van der Waals surface area contributed by atoms with Crippen molar-refractivity contribution in [1.82, 2.24) is 10.2 Å². The SMILES string of the molecule is CC(C)OCCCCN1CCNCC1C. The summed E-state index contributed by atoms with van der Waals surface area (Å²) in [6.45, 7) is 12.1. The summed E-state index contributed by atoms with van der Waals surface area (Å²) in [4.78, 5) is 2.58. The van der Waals surface area contributed by atoms with Gasteiger partial charge in [0.15, 0.2) is 0 Å². The lowest BCUT2D eigenvalue weighted by Gasteiger charge is -2.33. The molecule has 0 radical (unpaired) electrons. The molecule has 3 nitrogen and oxygen atoms in total. The van der Waals surface area contributed by atoms with Gasteiger partial charge in [-0.1, -0.05) is 0 Å². The molecule has 0 saturated carbocycles. The van der Waals surface area contributed by atoms with E-state index < -0.39 is 0 Å². The van der Waals surface area contributed by atoms with Crippen molar-refractivity contribution in [3.63, 3.8) is 0 Å². The van der Waals surface area contributed by atoms with E-state index in [0.29, 0.717) is 12.1 Å². The quantitative estimate of drug-likeness (QED) is 0.678. The number of rotatable bonds is 6. The van der Waals surface area contributed by atoms with Crippen molar-refractivity contribution in [2.24, 2.45) is 0 Å². The van der Waals surface area contributed by atoms with Crippen LogP contribution in [-0.2, 0) is 4.74 Å². The molecular weight excluding hydrogens is 188 g/mol. The van der Waals surface area contributed by atoms with Crippen molar-refractivity contribution in [3.05, 3.63) is 0 Å². The molecule has 1 aliphatic heterocycles.